The van der Waals surface area contributed by atoms with Gasteiger partial charge in [-0.05, 0) is 71.3 Å². The number of hydrogen-bond donors (Lipinski definition) is 0. The van der Waals surface area contributed by atoms with Crippen molar-refractivity contribution in [2.75, 3.05) is 0 Å². The molecule has 2 aromatic heterocycles. The number of aryl methyl sites for hydroxylation is 2. The number of fused-ring (bicyclic) bond motifs is 1. The van der Waals surface area contributed by atoms with E-state index in [4.69, 9.17) is 9.31 Å². The second kappa shape index (κ2) is 6.42. The first-order valence-corrected chi connectivity index (χ1v) is 11.0. The number of hydrogen-bond acceptors (Lipinski definition) is 5. The van der Waals surface area contributed by atoms with Crippen LogP contribution in [0.5, 0.6) is 0 Å². The molecule has 152 valence electrons. The lowest BCUT2D eigenvalue weighted by atomic mass is 9.77. The first-order chi connectivity index (χ1) is 13.4. The van der Waals surface area contributed by atoms with Crippen molar-refractivity contribution in [3.8, 4) is 0 Å². The summed E-state index contributed by atoms with van der Waals surface area (Å²) < 4.78 is 40.1. The Labute approximate surface area is 172 Å². The maximum Gasteiger partial charge on any atom is 0.495 e. The van der Waals surface area contributed by atoms with E-state index >= 15 is 0 Å². The quantitative estimate of drug-likeness (QED) is 0.618. The van der Waals surface area contributed by atoms with Gasteiger partial charge in [-0.1, -0.05) is 17.7 Å². The first-order valence-electron chi connectivity index (χ1n) is 9.59. The molecule has 4 rings (SSSR count). The molecular weight excluding hydrogens is 387 g/mol. The van der Waals surface area contributed by atoms with Crippen LogP contribution < -0.4 is 5.46 Å². The molecule has 1 aliphatic heterocycles. The highest BCUT2D eigenvalue weighted by atomic mass is 32.2. The highest BCUT2D eigenvalue weighted by Gasteiger charge is 2.52. The predicted molar refractivity (Wildman–Crippen MR) is 114 cm³/mol. The lowest BCUT2D eigenvalue weighted by Crippen LogP contribution is -2.41. The fourth-order valence-electron chi connectivity index (χ4n) is 3.43. The second-order valence-electron chi connectivity index (χ2n) is 8.61. The van der Waals surface area contributed by atoms with E-state index in [1.165, 1.54) is 3.97 Å². The summed E-state index contributed by atoms with van der Waals surface area (Å²) >= 11 is 0. The minimum atomic E-state index is -3.77. The summed E-state index contributed by atoms with van der Waals surface area (Å²) in [7, 11) is -4.36. The van der Waals surface area contributed by atoms with E-state index in [1.54, 1.807) is 36.5 Å². The summed E-state index contributed by atoms with van der Waals surface area (Å²) in [6.07, 6.45) is 1.54. The lowest BCUT2D eigenvalue weighted by Gasteiger charge is -2.32. The van der Waals surface area contributed by atoms with Crippen molar-refractivity contribution < 1.29 is 17.7 Å². The SMILES string of the molecule is Cc1ccc(S(=O)(=O)n2ccc3c(B4OC(C)(C)C(C)(C)O4)cc(C)nc32)cc1. The number of benzene rings is 1. The monoisotopic (exact) mass is 412 g/mol. The van der Waals surface area contributed by atoms with Crippen molar-refractivity contribution in [3.63, 3.8) is 0 Å². The average Bonchev–Trinajstić information content (AvgIpc) is 3.13. The van der Waals surface area contributed by atoms with Crippen LogP contribution in [0.3, 0.4) is 0 Å². The van der Waals surface area contributed by atoms with E-state index < -0.39 is 28.3 Å². The second-order valence-corrected chi connectivity index (χ2v) is 10.4. The molecule has 1 fully saturated rings. The summed E-state index contributed by atoms with van der Waals surface area (Å²) in [5, 5.41) is 0.699. The van der Waals surface area contributed by atoms with E-state index in [1.807, 2.05) is 47.6 Å². The van der Waals surface area contributed by atoms with Gasteiger partial charge in [-0.15, -0.1) is 0 Å². The van der Waals surface area contributed by atoms with Crippen molar-refractivity contribution in [1.29, 1.82) is 0 Å². The van der Waals surface area contributed by atoms with E-state index in [9.17, 15) is 8.42 Å². The summed E-state index contributed by atoms with van der Waals surface area (Å²) in [5.41, 5.74) is 1.87. The molecule has 0 bridgehead atoms. The van der Waals surface area contributed by atoms with Crippen LogP contribution in [-0.4, -0.2) is 35.7 Å². The molecule has 0 spiro atoms. The van der Waals surface area contributed by atoms with E-state index in [2.05, 4.69) is 4.98 Å². The Bertz CT molecular complexity index is 1180. The summed E-state index contributed by atoms with van der Waals surface area (Å²) in [6, 6.07) is 10.4. The third-order valence-corrected chi connectivity index (χ3v) is 7.55. The van der Waals surface area contributed by atoms with Crippen molar-refractivity contribution in [2.24, 2.45) is 0 Å². The zero-order chi connectivity index (χ0) is 21.2. The van der Waals surface area contributed by atoms with Gasteiger partial charge in [-0.2, -0.15) is 0 Å². The minimum Gasteiger partial charge on any atom is -0.399 e. The number of rotatable bonds is 3. The summed E-state index contributed by atoms with van der Waals surface area (Å²) in [6.45, 7) is 11.7. The Morgan fingerprint density at radius 1 is 0.966 bits per heavy atom. The van der Waals surface area contributed by atoms with Crippen molar-refractivity contribution >= 4 is 33.6 Å². The van der Waals surface area contributed by atoms with Gasteiger partial charge in [0, 0.05) is 17.3 Å². The molecule has 0 radical (unpaired) electrons. The standard InChI is InChI=1S/C21H25BN2O4S/c1-14-7-9-16(10-8-14)29(25,26)24-12-11-17-18(13-15(2)23-19(17)24)22-27-20(3,4)21(5,6)28-22/h7-13H,1-6H3. The predicted octanol–water partition coefficient (Wildman–Crippen LogP) is 3.19. The smallest absolute Gasteiger partial charge is 0.399 e. The molecule has 0 saturated carbocycles. The van der Waals surface area contributed by atoms with Crippen LogP contribution in [0.4, 0.5) is 0 Å². The number of nitrogens with zero attached hydrogens (tertiary/aromatic N) is 2. The van der Waals surface area contributed by atoms with Gasteiger partial charge in [0.15, 0.2) is 5.65 Å². The maximum atomic E-state index is 13.2. The number of pyridine rings is 1. The molecule has 0 N–H and O–H groups in total. The van der Waals surface area contributed by atoms with Gasteiger partial charge in [0.2, 0.25) is 0 Å². The Morgan fingerprint density at radius 3 is 2.14 bits per heavy atom. The zero-order valence-electron chi connectivity index (χ0n) is 17.6. The fraction of sp³-hybridized carbons (Fsp3) is 0.381. The highest BCUT2D eigenvalue weighted by Crippen LogP contribution is 2.37. The van der Waals surface area contributed by atoms with Crippen LogP contribution in [0.25, 0.3) is 11.0 Å². The Kier molecular flexibility index (Phi) is 4.46. The van der Waals surface area contributed by atoms with Crippen LogP contribution in [0.1, 0.15) is 39.0 Å². The van der Waals surface area contributed by atoms with Crippen molar-refractivity contribution in [3.05, 3.63) is 53.9 Å². The molecule has 1 saturated heterocycles. The van der Waals surface area contributed by atoms with E-state index in [0.717, 1.165) is 11.0 Å². The molecule has 8 heteroatoms. The molecule has 0 amide bonds. The third-order valence-electron chi connectivity index (χ3n) is 5.87. The van der Waals surface area contributed by atoms with E-state index in [0.29, 0.717) is 16.7 Å². The van der Waals surface area contributed by atoms with Crippen molar-refractivity contribution in [2.45, 2.75) is 57.6 Å². The Balaban J connectivity index is 1.86. The molecule has 0 atom stereocenters. The topological polar surface area (TPSA) is 70.4 Å². The fourth-order valence-corrected chi connectivity index (χ4v) is 4.72. The normalized spacial score (nSPS) is 18.5. The van der Waals surface area contributed by atoms with Crippen LogP contribution in [-0.2, 0) is 19.3 Å². The molecule has 0 unspecified atom stereocenters. The van der Waals surface area contributed by atoms with Crippen LogP contribution in [0.2, 0.25) is 0 Å². The average molecular weight is 412 g/mol. The molecule has 1 aromatic carbocycles. The van der Waals surface area contributed by atoms with Crippen molar-refractivity contribution in [1.82, 2.24) is 8.96 Å². The molecule has 29 heavy (non-hydrogen) atoms. The first kappa shape index (κ1) is 20.1. The summed E-state index contributed by atoms with van der Waals surface area (Å²) in [5.74, 6) is 0. The Morgan fingerprint density at radius 2 is 1.55 bits per heavy atom. The van der Waals surface area contributed by atoms with Gasteiger partial charge < -0.3 is 9.31 Å². The molecular formula is C21H25BN2O4S. The van der Waals surface area contributed by atoms with Crippen LogP contribution in [0, 0.1) is 13.8 Å². The van der Waals surface area contributed by atoms with Crippen LogP contribution >= 0.6 is 0 Å². The van der Waals surface area contributed by atoms with E-state index in [-0.39, 0.29) is 4.90 Å². The zero-order valence-corrected chi connectivity index (χ0v) is 18.4. The summed E-state index contributed by atoms with van der Waals surface area (Å²) in [4.78, 5) is 4.75. The number of aromatic nitrogens is 2. The van der Waals surface area contributed by atoms with Gasteiger partial charge in [0.1, 0.15) is 0 Å². The maximum absolute atomic E-state index is 13.2. The highest BCUT2D eigenvalue weighted by molar-refractivity contribution is 7.90. The molecule has 6 nitrogen and oxygen atoms in total. The van der Waals surface area contributed by atoms with Gasteiger partial charge in [0.25, 0.3) is 10.0 Å². The Hall–Kier alpha value is -2.16. The molecule has 0 aliphatic carbocycles. The lowest BCUT2D eigenvalue weighted by molar-refractivity contribution is 0.00578. The molecule has 3 heterocycles. The van der Waals surface area contributed by atoms with Crippen LogP contribution in [0.15, 0.2) is 47.5 Å². The van der Waals surface area contributed by atoms with Gasteiger partial charge in [0.05, 0.1) is 16.1 Å². The molecule has 1 aliphatic rings. The van der Waals surface area contributed by atoms with Gasteiger partial charge in [-0.3, -0.25) is 0 Å². The van der Waals surface area contributed by atoms with Gasteiger partial charge >= 0.3 is 7.12 Å². The third kappa shape index (κ3) is 3.19. The molecule has 3 aromatic rings. The largest absolute Gasteiger partial charge is 0.495 e. The minimum absolute atomic E-state index is 0.223. The van der Waals surface area contributed by atoms with Gasteiger partial charge in [-0.25, -0.2) is 17.4 Å².